The summed E-state index contributed by atoms with van der Waals surface area (Å²) in [5, 5.41) is 10.2. The van der Waals surface area contributed by atoms with E-state index in [0.717, 1.165) is 44.5 Å². The highest BCUT2D eigenvalue weighted by atomic mass is 19.1. The maximum Gasteiger partial charge on any atom is 0.337 e. The molecule has 0 aliphatic carbocycles. The SMILES string of the molecule is Cc1ncc(-c2cnc(OCCCC(C)C)c(F)c2)c(N2CCC(C)(C)CC2)c1[C@H](OC(C)(C)C)C(=O)O. The van der Waals surface area contributed by atoms with E-state index >= 15 is 4.39 Å². The second kappa shape index (κ2) is 12.0. The lowest BCUT2D eigenvalue weighted by molar-refractivity contribution is -0.160. The molecule has 1 saturated heterocycles. The van der Waals surface area contributed by atoms with Crippen molar-refractivity contribution in [3.63, 3.8) is 0 Å². The summed E-state index contributed by atoms with van der Waals surface area (Å²) < 4.78 is 26.8. The topological polar surface area (TPSA) is 84.8 Å². The van der Waals surface area contributed by atoms with Gasteiger partial charge in [0, 0.05) is 47.9 Å². The number of hydrogen-bond acceptors (Lipinski definition) is 6. The molecule has 1 fully saturated rings. The lowest BCUT2D eigenvalue weighted by atomic mass is 9.82. The first-order valence-corrected chi connectivity index (χ1v) is 13.6. The standard InChI is InChI=1S/C30H44FN3O4/c1-19(2)10-9-15-37-27-23(31)16-21(17-33-27)22-18-32-20(3)24(26(28(35)36)38-29(4,5)6)25(22)34-13-11-30(7,8)12-14-34/h16-19,26H,9-15H2,1-8H3,(H,35,36)/t26-/m0/s1. The summed E-state index contributed by atoms with van der Waals surface area (Å²) in [5.74, 6) is -1.12. The predicted molar refractivity (Wildman–Crippen MR) is 148 cm³/mol. The zero-order valence-corrected chi connectivity index (χ0v) is 24.2. The van der Waals surface area contributed by atoms with Crippen LogP contribution >= 0.6 is 0 Å². The van der Waals surface area contributed by atoms with Gasteiger partial charge in [-0.25, -0.2) is 14.2 Å². The fourth-order valence-electron chi connectivity index (χ4n) is 4.74. The van der Waals surface area contributed by atoms with Gasteiger partial charge in [-0.15, -0.1) is 0 Å². The van der Waals surface area contributed by atoms with Gasteiger partial charge in [0.2, 0.25) is 5.88 Å². The Hall–Kier alpha value is -2.74. The normalized spacial score (nSPS) is 16.5. The summed E-state index contributed by atoms with van der Waals surface area (Å²) in [7, 11) is 0. The first-order valence-electron chi connectivity index (χ1n) is 13.6. The minimum atomic E-state index is -1.23. The molecular formula is C30H44FN3O4. The van der Waals surface area contributed by atoms with Crippen molar-refractivity contribution < 1.29 is 23.8 Å². The minimum absolute atomic E-state index is 0.0291. The van der Waals surface area contributed by atoms with Gasteiger partial charge in [-0.2, -0.15) is 0 Å². The van der Waals surface area contributed by atoms with Crippen LogP contribution in [0.1, 0.15) is 91.5 Å². The molecule has 0 unspecified atom stereocenters. The van der Waals surface area contributed by atoms with Crippen molar-refractivity contribution in [3.8, 4) is 17.0 Å². The Morgan fingerprint density at radius 2 is 1.84 bits per heavy atom. The second-order valence-electron chi connectivity index (χ2n) is 12.5. The molecule has 1 aliphatic rings. The van der Waals surface area contributed by atoms with Crippen molar-refractivity contribution >= 4 is 11.7 Å². The van der Waals surface area contributed by atoms with Crippen LogP contribution in [-0.2, 0) is 9.53 Å². The number of hydrogen-bond donors (Lipinski definition) is 1. The molecule has 1 aliphatic heterocycles. The van der Waals surface area contributed by atoms with E-state index in [2.05, 4.69) is 42.6 Å². The number of nitrogens with zero attached hydrogens (tertiary/aromatic N) is 3. The van der Waals surface area contributed by atoms with E-state index in [4.69, 9.17) is 9.47 Å². The van der Waals surface area contributed by atoms with Gasteiger partial charge in [-0.1, -0.05) is 27.7 Å². The summed E-state index contributed by atoms with van der Waals surface area (Å²) in [6, 6.07) is 1.40. The van der Waals surface area contributed by atoms with Crippen molar-refractivity contribution in [2.24, 2.45) is 11.3 Å². The molecule has 3 rings (SSSR count). The maximum atomic E-state index is 15.1. The quantitative estimate of drug-likeness (QED) is 0.333. The summed E-state index contributed by atoms with van der Waals surface area (Å²) in [6.07, 6.45) is 5.74. The Morgan fingerprint density at radius 1 is 1.18 bits per heavy atom. The number of rotatable bonds is 10. The van der Waals surface area contributed by atoms with Crippen molar-refractivity contribution in [1.29, 1.82) is 0 Å². The second-order valence-corrected chi connectivity index (χ2v) is 12.5. The molecule has 0 saturated carbocycles. The largest absolute Gasteiger partial charge is 0.479 e. The number of aliphatic carboxylic acids is 1. The molecule has 8 heteroatoms. The molecule has 210 valence electrons. The fourth-order valence-corrected chi connectivity index (χ4v) is 4.74. The monoisotopic (exact) mass is 529 g/mol. The van der Waals surface area contributed by atoms with E-state index in [0.29, 0.717) is 34.9 Å². The number of piperidine rings is 1. The van der Waals surface area contributed by atoms with Crippen LogP contribution < -0.4 is 9.64 Å². The van der Waals surface area contributed by atoms with Crippen molar-refractivity contribution in [3.05, 3.63) is 35.5 Å². The highest BCUT2D eigenvalue weighted by molar-refractivity contribution is 5.86. The van der Waals surface area contributed by atoms with Crippen LogP contribution in [0.5, 0.6) is 5.88 Å². The molecule has 2 aromatic heterocycles. The lowest BCUT2D eigenvalue weighted by Crippen LogP contribution is -2.39. The zero-order valence-electron chi connectivity index (χ0n) is 24.2. The first-order chi connectivity index (χ1) is 17.7. The molecule has 1 N–H and O–H groups in total. The van der Waals surface area contributed by atoms with E-state index in [1.54, 1.807) is 19.3 Å². The van der Waals surface area contributed by atoms with Crippen LogP contribution in [0, 0.1) is 24.1 Å². The van der Waals surface area contributed by atoms with E-state index < -0.39 is 23.5 Å². The van der Waals surface area contributed by atoms with Gasteiger partial charge in [0.1, 0.15) is 0 Å². The predicted octanol–water partition coefficient (Wildman–Crippen LogP) is 6.97. The van der Waals surface area contributed by atoms with Gasteiger partial charge in [0.05, 0.1) is 17.9 Å². The number of carbonyl (C=O) groups is 1. The van der Waals surface area contributed by atoms with E-state index in [1.807, 2.05) is 20.8 Å². The Bertz CT molecular complexity index is 1120. The molecule has 0 spiro atoms. The van der Waals surface area contributed by atoms with Gasteiger partial charge in [-0.05, 0) is 70.8 Å². The van der Waals surface area contributed by atoms with E-state index in [1.165, 1.54) is 6.07 Å². The van der Waals surface area contributed by atoms with Crippen molar-refractivity contribution in [1.82, 2.24) is 9.97 Å². The number of halogens is 1. The Morgan fingerprint density at radius 3 is 2.39 bits per heavy atom. The molecule has 0 amide bonds. The molecule has 0 aromatic carbocycles. The first kappa shape index (κ1) is 29.8. The summed E-state index contributed by atoms with van der Waals surface area (Å²) in [5.41, 5.74) is 2.43. The van der Waals surface area contributed by atoms with Gasteiger partial charge in [-0.3, -0.25) is 4.98 Å². The zero-order chi connectivity index (χ0) is 28.3. The molecule has 7 nitrogen and oxygen atoms in total. The van der Waals surface area contributed by atoms with Gasteiger partial charge < -0.3 is 19.5 Å². The number of aromatic nitrogens is 2. The Kier molecular flexibility index (Phi) is 9.39. The van der Waals surface area contributed by atoms with E-state index in [9.17, 15) is 9.90 Å². The van der Waals surface area contributed by atoms with Crippen LogP contribution in [0.4, 0.5) is 10.1 Å². The molecule has 1 atom stereocenters. The number of ether oxygens (including phenoxy) is 2. The highest BCUT2D eigenvalue weighted by Crippen LogP contribution is 2.43. The molecule has 38 heavy (non-hydrogen) atoms. The van der Waals surface area contributed by atoms with Crippen LogP contribution in [0.3, 0.4) is 0 Å². The summed E-state index contributed by atoms with van der Waals surface area (Å²) >= 11 is 0. The Labute approximate surface area is 226 Å². The van der Waals surface area contributed by atoms with Gasteiger partial charge in [0.25, 0.3) is 0 Å². The Balaban J connectivity index is 2.09. The average molecular weight is 530 g/mol. The van der Waals surface area contributed by atoms with Crippen LogP contribution in [0.25, 0.3) is 11.1 Å². The maximum absolute atomic E-state index is 15.1. The van der Waals surface area contributed by atoms with Crippen LogP contribution in [-0.4, -0.2) is 46.3 Å². The number of pyridine rings is 2. The van der Waals surface area contributed by atoms with E-state index in [-0.39, 0.29) is 11.3 Å². The minimum Gasteiger partial charge on any atom is -0.479 e. The summed E-state index contributed by atoms with van der Waals surface area (Å²) in [6.45, 7) is 17.9. The average Bonchev–Trinajstić information content (AvgIpc) is 2.80. The fraction of sp³-hybridized carbons (Fsp3) is 0.633. The van der Waals surface area contributed by atoms with Crippen molar-refractivity contribution in [2.45, 2.75) is 92.8 Å². The molecule has 3 heterocycles. The molecule has 2 aromatic rings. The third kappa shape index (κ3) is 7.65. The van der Waals surface area contributed by atoms with Crippen LogP contribution in [0.15, 0.2) is 18.5 Å². The molecular weight excluding hydrogens is 485 g/mol. The van der Waals surface area contributed by atoms with Gasteiger partial charge in [0.15, 0.2) is 11.9 Å². The smallest absolute Gasteiger partial charge is 0.337 e. The number of carboxylic acids is 1. The highest BCUT2D eigenvalue weighted by Gasteiger charge is 2.36. The number of aryl methyl sites for hydroxylation is 1. The lowest BCUT2D eigenvalue weighted by Gasteiger charge is -2.40. The van der Waals surface area contributed by atoms with Gasteiger partial charge >= 0.3 is 5.97 Å². The summed E-state index contributed by atoms with van der Waals surface area (Å²) in [4.78, 5) is 23.5. The molecule has 0 radical (unpaired) electrons. The molecule has 0 bridgehead atoms. The third-order valence-corrected chi connectivity index (χ3v) is 6.96. The van der Waals surface area contributed by atoms with Crippen LogP contribution in [0.2, 0.25) is 0 Å². The number of carboxylic acid groups (broad SMARTS) is 1. The van der Waals surface area contributed by atoms with Crippen molar-refractivity contribution in [2.75, 3.05) is 24.6 Å². The number of anilines is 1. The third-order valence-electron chi connectivity index (χ3n) is 6.96.